The van der Waals surface area contributed by atoms with Gasteiger partial charge in [-0.2, -0.15) is 0 Å². The van der Waals surface area contributed by atoms with Crippen LogP contribution in [0.2, 0.25) is 5.02 Å². The second kappa shape index (κ2) is 4.25. The van der Waals surface area contributed by atoms with Gasteiger partial charge in [0.05, 0.1) is 11.1 Å². The molecule has 1 atom stereocenters. The molecular formula is C9H8ClIO. The Morgan fingerprint density at radius 1 is 1.58 bits per heavy atom. The van der Waals surface area contributed by atoms with Crippen LogP contribution in [0.1, 0.15) is 11.7 Å². The second-order valence-electron chi connectivity index (χ2n) is 2.35. The quantitative estimate of drug-likeness (QED) is 0.656. The third-order valence-electron chi connectivity index (χ3n) is 1.51. The van der Waals surface area contributed by atoms with Crippen LogP contribution in [0, 0.1) is 3.57 Å². The molecule has 1 unspecified atom stereocenters. The highest BCUT2D eigenvalue weighted by Gasteiger charge is 2.04. The fourth-order valence-electron chi connectivity index (χ4n) is 0.832. The third-order valence-corrected chi connectivity index (χ3v) is 3.08. The minimum Gasteiger partial charge on any atom is -0.384 e. The minimum absolute atomic E-state index is 0.625. The molecule has 1 rings (SSSR count). The zero-order valence-corrected chi connectivity index (χ0v) is 9.21. The van der Waals surface area contributed by atoms with E-state index in [1.807, 2.05) is 12.1 Å². The zero-order valence-electron chi connectivity index (χ0n) is 6.30. The van der Waals surface area contributed by atoms with Gasteiger partial charge in [0.2, 0.25) is 0 Å². The fraction of sp³-hybridized carbons (Fsp3) is 0.111. The standard InChI is InChI=1S/C9H8ClIO/c1-2-9(12)6-3-4-8(11)7(10)5-6/h2-5,9,12H,1H2. The van der Waals surface area contributed by atoms with E-state index in [0.717, 1.165) is 9.13 Å². The molecule has 12 heavy (non-hydrogen) atoms. The number of hydrogen-bond acceptors (Lipinski definition) is 1. The van der Waals surface area contributed by atoms with Crippen molar-refractivity contribution in [1.82, 2.24) is 0 Å². The molecule has 0 aliphatic heterocycles. The molecule has 1 nitrogen and oxygen atoms in total. The molecule has 0 amide bonds. The molecule has 0 aliphatic rings. The van der Waals surface area contributed by atoms with Crippen LogP contribution in [0.4, 0.5) is 0 Å². The molecule has 64 valence electrons. The summed E-state index contributed by atoms with van der Waals surface area (Å²) in [7, 11) is 0. The van der Waals surface area contributed by atoms with Gasteiger partial charge in [0, 0.05) is 3.57 Å². The van der Waals surface area contributed by atoms with Crippen LogP contribution in [-0.2, 0) is 0 Å². The van der Waals surface area contributed by atoms with E-state index in [9.17, 15) is 5.11 Å². The van der Waals surface area contributed by atoms with Crippen LogP contribution in [0.5, 0.6) is 0 Å². The Kier molecular flexibility index (Phi) is 3.55. The highest BCUT2D eigenvalue weighted by molar-refractivity contribution is 14.1. The Morgan fingerprint density at radius 2 is 2.25 bits per heavy atom. The maximum absolute atomic E-state index is 9.37. The molecule has 3 heteroatoms. The van der Waals surface area contributed by atoms with Crippen molar-refractivity contribution >= 4 is 34.2 Å². The van der Waals surface area contributed by atoms with Crippen molar-refractivity contribution in [3.8, 4) is 0 Å². The number of benzene rings is 1. The summed E-state index contributed by atoms with van der Waals surface area (Å²) in [6.45, 7) is 3.49. The van der Waals surface area contributed by atoms with E-state index >= 15 is 0 Å². The summed E-state index contributed by atoms with van der Waals surface area (Å²) in [6, 6.07) is 5.45. The fourth-order valence-corrected chi connectivity index (χ4v) is 1.36. The van der Waals surface area contributed by atoms with E-state index < -0.39 is 6.10 Å². The van der Waals surface area contributed by atoms with Crippen LogP contribution < -0.4 is 0 Å². The maximum atomic E-state index is 9.37. The van der Waals surface area contributed by atoms with Crippen molar-refractivity contribution in [3.05, 3.63) is 45.0 Å². The van der Waals surface area contributed by atoms with Crippen LogP contribution in [-0.4, -0.2) is 5.11 Å². The Balaban J connectivity index is 3.04. The number of aliphatic hydroxyl groups is 1. The van der Waals surface area contributed by atoms with Crippen molar-refractivity contribution < 1.29 is 5.11 Å². The Morgan fingerprint density at radius 3 is 2.75 bits per heavy atom. The molecule has 0 saturated heterocycles. The molecule has 0 aliphatic carbocycles. The van der Waals surface area contributed by atoms with Gasteiger partial charge >= 0.3 is 0 Å². The highest BCUT2D eigenvalue weighted by atomic mass is 127. The normalized spacial score (nSPS) is 12.6. The summed E-state index contributed by atoms with van der Waals surface area (Å²) in [5, 5.41) is 10.0. The number of halogens is 2. The first-order valence-electron chi connectivity index (χ1n) is 3.40. The first-order valence-corrected chi connectivity index (χ1v) is 4.86. The lowest BCUT2D eigenvalue weighted by atomic mass is 10.1. The number of aliphatic hydroxyl groups excluding tert-OH is 1. The summed E-state index contributed by atoms with van der Waals surface area (Å²) in [5.41, 5.74) is 0.774. The van der Waals surface area contributed by atoms with E-state index in [2.05, 4.69) is 29.2 Å². The van der Waals surface area contributed by atoms with Crippen LogP contribution in [0.25, 0.3) is 0 Å². The molecule has 0 radical (unpaired) electrons. The lowest BCUT2D eigenvalue weighted by molar-refractivity contribution is 0.229. The molecule has 0 spiro atoms. The summed E-state index contributed by atoms with van der Waals surface area (Å²) < 4.78 is 0.981. The summed E-state index contributed by atoms with van der Waals surface area (Å²) >= 11 is 8.00. The maximum Gasteiger partial charge on any atom is 0.0969 e. The van der Waals surface area contributed by atoms with Gasteiger partial charge in [0.25, 0.3) is 0 Å². The first-order chi connectivity index (χ1) is 5.65. The molecule has 0 fully saturated rings. The van der Waals surface area contributed by atoms with Gasteiger partial charge in [0.15, 0.2) is 0 Å². The van der Waals surface area contributed by atoms with Crippen LogP contribution >= 0.6 is 34.2 Å². The average Bonchev–Trinajstić information content (AvgIpc) is 2.08. The largest absolute Gasteiger partial charge is 0.384 e. The minimum atomic E-state index is -0.625. The van der Waals surface area contributed by atoms with Gasteiger partial charge in [-0.15, -0.1) is 6.58 Å². The molecule has 0 heterocycles. The molecule has 1 aromatic carbocycles. The van der Waals surface area contributed by atoms with Gasteiger partial charge in [-0.05, 0) is 40.3 Å². The van der Waals surface area contributed by atoms with Crippen LogP contribution in [0.3, 0.4) is 0 Å². The molecule has 1 aromatic rings. The van der Waals surface area contributed by atoms with Crippen molar-refractivity contribution in [2.75, 3.05) is 0 Å². The van der Waals surface area contributed by atoms with E-state index in [0.29, 0.717) is 5.02 Å². The van der Waals surface area contributed by atoms with Crippen LogP contribution in [0.15, 0.2) is 30.9 Å². The SMILES string of the molecule is C=CC(O)c1ccc(I)c(Cl)c1. The Hall–Kier alpha value is -0.0600. The van der Waals surface area contributed by atoms with E-state index in [1.54, 1.807) is 6.07 Å². The number of hydrogen-bond donors (Lipinski definition) is 1. The summed E-state index contributed by atoms with van der Waals surface area (Å²) in [4.78, 5) is 0. The van der Waals surface area contributed by atoms with E-state index in [4.69, 9.17) is 11.6 Å². The van der Waals surface area contributed by atoms with Gasteiger partial charge < -0.3 is 5.11 Å². The van der Waals surface area contributed by atoms with Gasteiger partial charge in [-0.3, -0.25) is 0 Å². The van der Waals surface area contributed by atoms with Gasteiger partial charge in [-0.25, -0.2) is 0 Å². The molecule has 0 saturated carbocycles. The monoisotopic (exact) mass is 294 g/mol. The summed E-state index contributed by atoms with van der Waals surface area (Å²) in [5.74, 6) is 0. The van der Waals surface area contributed by atoms with Crippen molar-refractivity contribution in [1.29, 1.82) is 0 Å². The van der Waals surface area contributed by atoms with Gasteiger partial charge in [0.1, 0.15) is 0 Å². The second-order valence-corrected chi connectivity index (χ2v) is 3.92. The van der Waals surface area contributed by atoms with E-state index in [-0.39, 0.29) is 0 Å². The average molecular weight is 295 g/mol. The number of rotatable bonds is 2. The predicted molar refractivity (Wildman–Crippen MR) is 59.3 cm³/mol. The topological polar surface area (TPSA) is 20.2 Å². The highest BCUT2D eigenvalue weighted by Crippen LogP contribution is 2.23. The van der Waals surface area contributed by atoms with E-state index in [1.165, 1.54) is 6.08 Å². The lowest BCUT2D eigenvalue weighted by Crippen LogP contribution is -1.92. The molecule has 0 bridgehead atoms. The molecule has 0 aromatic heterocycles. The zero-order chi connectivity index (χ0) is 9.14. The Labute approximate surface area is 90.2 Å². The molecule has 1 N–H and O–H groups in total. The summed E-state index contributed by atoms with van der Waals surface area (Å²) in [6.07, 6.45) is 0.845. The van der Waals surface area contributed by atoms with Crippen molar-refractivity contribution in [2.45, 2.75) is 6.10 Å². The first kappa shape index (κ1) is 10.0. The lowest BCUT2D eigenvalue weighted by Gasteiger charge is -2.06. The third kappa shape index (κ3) is 2.21. The Bertz CT molecular complexity index is 299. The van der Waals surface area contributed by atoms with Gasteiger partial charge in [-0.1, -0.05) is 23.7 Å². The van der Waals surface area contributed by atoms with Crippen molar-refractivity contribution in [2.24, 2.45) is 0 Å². The smallest absolute Gasteiger partial charge is 0.0969 e. The molecular weight excluding hydrogens is 286 g/mol. The predicted octanol–water partition coefficient (Wildman–Crippen LogP) is 3.16. The van der Waals surface area contributed by atoms with Crippen molar-refractivity contribution in [3.63, 3.8) is 0 Å².